The lowest BCUT2D eigenvalue weighted by atomic mass is 9.88. The van der Waals surface area contributed by atoms with E-state index in [4.69, 9.17) is 19.1 Å². The highest BCUT2D eigenvalue weighted by molar-refractivity contribution is 6.11. The molecule has 54 heavy (non-hydrogen) atoms. The Morgan fingerprint density at radius 2 is 1.39 bits per heavy atom. The van der Waals surface area contributed by atoms with Crippen molar-refractivity contribution in [1.29, 1.82) is 0 Å². The maximum absolute atomic E-state index is 6.82. The quantitative estimate of drug-likeness (QED) is 0.173. The lowest BCUT2D eigenvalue weighted by Crippen LogP contribution is -2.12. The van der Waals surface area contributed by atoms with Gasteiger partial charge in [-0.2, -0.15) is 0 Å². The van der Waals surface area contributed by atoms with E-state index in [2.05, 4.69) is 167 Å². The van der Waals surface area contributed by atoms with E-state index in [1.54, 1.807) is 0 Å². The van der Waals surface area contributed by atoms with Crippen LogP contribution in [0.15, 0.2) is 144 Å². The van der Waals surface area contributed by atoms with Crippen molar-refractivity contribution in [1.82, 2.24) is 14.5 Å². The van der Waals surface area contributed by atoms with Crippen molar-refractivity contribution in [3.63, 3.8) is 0 Å². The molecule has 0 N–H and O–H groups in total. The number of hydrogen-bond acceptors (Lipinski definition) is 4. The van der Waals surface area contributed by atoms with E-state index >= 15 is 0 Å². The molecule has 0 fully saturated rings. The molecule has 0 aliphatic rings. The summed E-state index contributed by atoms with van der Waals surface area (Å²) in [5, 5.41) is 4.33. The normalized spacial score (nSPS) is 12.3. The highest BCUT2D eigenvalue weighted by Crippen LogP contribution is 2.42. The summed E-state index contributed by atoms with van der Waals surface area (Å²) in [7, 11) is 0. The molecule has 0 unspecified atom stereocenters. The molecule has 4 heterocycles. The van der Waals surface area contributed by atoms with Crippen molar-refractivity contribution in [2.75, 3.05) is 0 Å². The summed E-state index contributed by atoms with van der Waals surface area (Å²) in [5.74, 6) is 2.33. The number of rotatable bonds is 6. The molecule has 0 aliphatic carbocycles. The average molecular weight is 706 g/mol. The highest BCUT2D eigenvalue weighted by atomic mass is 16.5. The van der Waals surface area contributed by atoms with Crippen LogP contribution in [0.1, 0.15) is 52.7 Å². The zero-order valence-corrected chi connectivity index (χ0v) is 31.6. The summed E-state index contributed by atoms with van der Waals surface area (Å²) >= 11 is 0. The minimum absolute atomic E-state index is 0.0107. The van der Waals surface area contributed by atoms with Crippen molar-refractivity contribution < 1.29 is 9.15 Å². The van der Waals surface area contributed by atoms with Crippen molar-refractivity contribution in [3.05, 3.63) is 151 Å². The summed E-state index contributed by atoms with van der Waals surface area (Å²) in [6, 6.07) is 44.4. The number of fused-ring (bicyclic) bond motifs is 6. The smallest absolute Gasteiger partial charge is 0.145 e. The molecule has 9 rings (SSSR count). The number of nitrogens with zero attached hydrogens (tertiary/aromatic N) is 3. The highest BCUT2D eigenvalue weighted by Gasteiger charge is 2.21. The second-order valence-electron chi connectivity index (χ2n) is 16.6. The summed E-state index contributed by atoms with van der Waals surface area (Å²) in [6.45, 7) is 13.4. The van der Waals surface area contributed by atoms with E-state index in [0.717, 1.165) is 78.7 Å². The molecular formula is C49H43N3O2. The van der Waals surface area contributed by atoms with E-state index < -0.39 is 0 Å². The van der Waals surface area contributed by atoms with E-state index in [0.29, 0.717) is 5.75 Å². The van der Waals surface area contributed by atoms with Crippen LogP contribution in [-0.2, 0) is 11.8 Å². The van der Waals surface area contributed by atoms with Gasteiger partial charge in [-0.25, -0.2) is 4.98 Å². The Balaban J connectivity index is 1.19. The fourth-order valence-electron chi connectivity index (χ4n) is 7.62. The van der Waals surface area contributed by atoms with Gasteiger partial charge in [-0.3, -0.25) is 9.55 Å². The van der Waals surface area contributed by atoms with Crippen LogP contribution in [0.2, 0.25) is 0 Å². The first kappa shape index (κ1) is 33.6. The average Bonchev–Trinajstić information content (AvgIpc) is 3.69. The maximum atomic E-state index is 6.82. The largest absolute Gasteiger partial charge is 0.457 e. The standard InChI is InChI=1S/C49H43N3O2/c1-48(2,3)29-31-16-21-42(51-30-31)41-27-36(26-40-39-19-17-33(24-45(39)54-47(40)41)32-12-8-7-9-13-32)53-35-18-20-38-37-14-10-11-15-43(37)52(44(38)28-35)46-25-34(22-23-50-46)49(4,5)6/h7-28,30H,29H2,1-6H3. The summed E-state index contributed by atoms with van der Waals surface area (Å²) < 4.78 is 15.8. The van der Waals surface area contributed by atoms with Gasteiger partial charge in [0.1, 0.15) is 28.5 Å². The Bertz CT molecular complexity index is 2830. The Morgan fingerprint density at radius 1 is 0.611 bits per heavy atom. The van der Waals surface area contributed by atoms with Gasteiger partial charge in [0.05, 0.1) is 16.7 Å². The van der Waals surface area contributed by atoms with Gasteiger partial charge in [0.25, 0.3) is 0 Å². The third kappa shape index (κ3) is 6.20. The minimum Gasteiger partial charge on any atom is -0.457 e. The van der Waals surface area contributed by atoms with Crippen LogP contribution in [0.4, 0.5) is 0 Å². The van der Waals surface area contributed by atoms with Crippen molar-refractivity contribution in [2.45, 2.75) is 53.4 Å². The Morgan fingerprint density at radius 3 is 2.17 bits per heavy atom. The van der Waals surface area contributed by atoms with Crippen molar-refractivity contribution >= 4 is 43.7 Å². The molecule has 0 atom stereocenters. The molecule has 5 nitrogen and oxygen atoms in total. The van der Waals surface area contributed by atoms with Gasteiger partial charge < -0.3 is 9.15 Å². The second-order valence-corrected chi connectivity index (χ2v) is 16.6. The van der Waals surface area contributed by atoms with Gasteiger partial charge in [0.2, 0.25) is 0 Å². The predicted molar refractivity (Wildman–Crippen MR) is 223 cm³/mol. The predicted octanol–water partition coefficient (Wildman–Crippen LogP) is 13.5. The number of ether oxygens (including phenoxy) is 1. The lowest BCUT2D eigenvalue weighted by molar-refractivity contribution is 0.411. The van der Waals surface area contributed by atoms with Crippen LogP contribution in [-0.4, -0.2) is 14.5 Å². The van der Waals surface area contributed by atoms with Crippen molar-refractivity contribution in [3.8, 4) is 39.7 Å². The molecule has 5 heteroatoms. The van der Waals surface area contributed by atoms with E-state index in [-0.39, 0.29) is 10.8 Å². The summed E-state index contributed by atoms with van der Waals surface area (Å²) in [5.41, 5.74) is 10.3. The van der Waals surface area contributed by atoms with Crippen LogP contribution in [0.5, 0.6) is 11.5 Å². The topological polar surface area (TPSA) is 53.1 Å². The number of hydrogen-bond donors (Lipinski definition) is 0. The van der Waals surface area contributed by atoms with E-state index in [9.17, 15) is 0 Å². The van der Waals surface area contributed by atoms with Crippen LogP contribution in [0, 0.1) is 5.41 Å². The molecule has 4 aromatic heterocycles. The van der Waals surface area contributed by atoms with Crippen LogP contribution < -0.4 is 4.74 Å². The zero-order chi connectivity index (χ0) is 37.2. The van der Waals surface area contributed by atoms with Crippen LogP contribution in [0.3, 0.4) is 0 Å². The summed E-state index contributed by atoms with van der Waals surface area (Å²) in [4.78, 5) is 9.84. The number of aromatic nitrogens is 3. The molecular weight excluding hydrogens is 663 g/mol. The SMILES string of the molecule is CC(C)(C)Cc1ccc(-c2cc(Oc3ccc4c5ccccc5n(-c5cc(C(C)(C)C)ccn5)c4c3)cc3c2oc2cc(-c4ccccc4)ccc23)nc1. The molecule has 0 bridgehead atoms. The zero-order valence-electron chi connectivity index (χ0n) is 31.6. The molecule has 9 aromatic rings. The Kier molecular flexibility index (Phi) is 7.93. The fraction of sp³-hybridized carbons (Fsp3) is 0.184. The number of pyridine rings is 2. The second kappa shape index (κ2) is 12.7. The third-order valence-electron chi connectivity index (χ3n) is 10.2. The molecule has 5 aromatic carbocycles. The first-order chi connectivity index (χ1) is 26.0. The minimum atomic E-state index is -0.0107. The van der Waals surface area contributed by atoms with Gasteiger partial charge in [-0.05, 0) is 100 Å². The number of furan rings is 1. The van der Waals surface area contributed by atoms with Gasteiger partial charge in [0.15, 0.2) is 0 Å². The van der Waals surface area contributed by atoms with Gasteiger partial charge in [0, 0.05) is 45.6 Å². The molecule has 0 saturated heterocycles. The number of benzene rings is 5. The Labute approximate surface area is 315 Å². The van der Waals surface area contributed by atoms with Crippen LogP contribution in [0.25, 0.3) is 71.9 Å². The molecule has 266 valence electrons. The van der Waals surface area contributed by atoms with Gasteiger partial charge in [-0.15, -0.1) is 0 Å². The first-order valence-electron chi connectivity index (χ1n) is 18.7. The fourth-order valence-corrected chi connectivity index (χ4v) is 7.62. The van der Waals surface area contributed by atoms with Gasteiger partial charge in [-0.1, -0.05) is 102 Å². The molecule has 0 aliphatic heterocycles. The first-order valence-corrected chi connectivity index (χ1v) is 18.7. The number of para-hydroxylation sites is 1. The summed E-state index contributed by atoms with van der Waals surface area (Å²) in [6.07, 6.45) is 4.85. The van der Waals surface area contributed by atoms with E-state index in [1.165, 1.54) is 16.5 Å². The van der Waals surface area contributed by atoms with Crippen molar-refractivity contribution in [2.24, 2.45) is 5.41 Å². The lowest BCUT2D eigenvalue weighted by Gasteiger charge is -2.20. The monoisotopic (exact) mass is 705 g/mol. The molecule has 0 radical (unpaired) electrons. The van der Waals surface area contributed by atoms with E-state index in [1.807, 2.05) is 18.5 Å². The third-order valence-corrected chi connectivity index (χ3v) is 10.2. The van der Waals surface area contributed by atoms with Crippen LogP contribution >= 0.6 is 0 Å². The maximum Gasteiger partial charge on any atom is 0.145 e. The van der Waals surface area contributed by atoms with Gasteiger partial charge >= 0.3 is 0 Å². The molecule has 0 amide bonds. The molecule has 0 spiro atoms. The Hall–Kier alpha value is -6.20. The molecule has 0 saturated carbocycles.